The maximum Gasteiger partial charge on any atom is 0.472 e. The van der Waals surface area contributed by atoms with Crippen LogP contribution >= 0.6 is 7.82 Å². The summed E-state index contributed by atoms with van der Waals surface area (Å²) in [7, 11) is -4.78. The first-order valence-corrected chi connectivity index (χ1v) is 30.9. The van der Waals surface area contributed by atoms with Crippen molar-refractivity contribution in [2.24, 2.45) is 0 Å². The van der Waals surface area contributed by atoms with E-state index < -0.39 is 57.8 Å². The van der Waals surface area contributed by atoms with Crippen molar-refractivity contribution >= 4 is 25.7 Å². The Bertz CT molecular complexity index is 1740. The molecule has 0 radical (unpaired) electrons. The van der Waals surface area contributed by atoms with Crippen molar-refractivity contribution in [1.29, 1.82) is 0 Å². The molecule has 0 spiro atoms. The van der Waals surface area contributed by atoms with Gasteiger partial charge < -0.3 is 24.2 Å². The van der Waals surface area contributed by atoms with Crippen molar-refractivity contribution in [1.82, 2.24) is 0 Å². The Hall–Kier alpha value is -4.12. The van der Waals surface area contributed by atoms with E-state index in [9.17, 15) is 28.9 Å². The second-order valence-corrected chi connectivity index (χ2v) is 20.5. The largest absolute Gasteiger partial charge is 0.472 e. The molecule has 0 saturated carbocycles. The second-order valence-electron chi connectivity index (χ2n) is 19.0. The zero-order valence-electron chi connectivity index (χ0n) is 47.7. The van der Waals surface area contributed by atoms with Gasteiger partial charge in [-0.1, -0.05) is 206 Å². The summed E-state index contributed by atoms with van der Waals surface area (Å²) in [4.78, 5) is 48.6. The summed E-state index contributed by atoms with van der Waals surface area (Å²) >= 11 is 0. The lowest BCUT2D eigenvalue weighted by Crippen LogP contribution is -2.30. The van der Waals surface area contributed by atoms with E-state index >= 15 is 0 Å². The predicted octanol–water partition coefficient (Wildman–Crippen LogP) is 17.6. The van der Waals surface area contributed by atoms with Crippen LogP contribution in [0.25, 0.3) is 0 Å². The molecule has 0 aromatic carbocycles. The smallest absolute Gasteiger partial charge is 0.462 e. The average Bonchev–Trinajstić information content (AvgIpc) is 3.41. The lowest BCUT2D eigenvalue weighted by molar-refractivity contribution is -0.161. The summed E-state index contributed by atoms with van der Waals surface area (Å²) in [6.45, 7) is 4.29. The number of hydrogen-bond donors (Lipinski definition) is 2. The van der Waals surface area contributed by atoms with Gasteiger partial charge in [-0.2, -0.15) is 0 Å². The molecule has 0 amide bonds. The molecule has 0 aliphatic heterocycles. The third-order valence-electron chi connectivity index (χ3n) is 11.8. The van der Waals surface area contributed by atoms with Crippen LogP contribution in [0.4, 0.5) is 0 Å². The van der Waals surface area contributed by atoms with Gasteiger partial charge in [0, 0.05) is 19.3 Å². The van der Waals surface area contributed by atoms with Gasteiger partial charge in [0.2, 0.25) is 0 Å². The summed E-state index contributed by atoms with van der Waals surface area (Å²) in [5.74, 6) is -1.57. The van der Waals surface area contributed by atoms with E-state index in [2.05, 4.69) is 130 Å². The van der Waals surface area contributed by atoms with Crippen molar-refractivity contribution in [3.05, 3.63) is 122 Å². The molecular formula is C64H105O11P. The third kappa shape index (κ3) is 54.7. The average molecular weight is 1080 g/mol. The summed E-state index contributed by atoms with van der Waals surface area (Å²) in [6, 6.07) is 0. The number of aliphatic hydroxyl groups is 1. The normalized spacial score (nSPS) is 14.2. The van der Waals surface area contributed by atoms with Crippen molar-refractivity contribution in [2.45, 2.75) is 238 Å². The molecule has 3 atom stereocenters. The number of ether oxygens (including phenoxy) is 3. The van der Waals surface area contributed by atoms with Crippen molar-refractivity contribution in [3.8, 4) is 0 Å². The number of hydrogen-bond acceptors (Lipinski definition) is 10. The number of phosphoric acid groups is 1. The highest BCUT2D eigenvalue weighted by Crippen LogP contribution is 2.43. The van der Waals surface area contributed by atoms with E-state index in [-0.39, 0.29) is 25.9 Å². The van der Waals surface area contributed by atoms with E-state index in [1.165, 1.54) is 32.1 Å². The lowest BCUT2D eigenvalue weighted by Gasteiger charge is -2.21. The quantitative estimate of drug-likeness (QED) is 0.0197. The Morgan fingerprint density at radius 1 is 0.382 bits per heavy atom. The summed E-state index contributed by atoms with van der Waals surface area (Å²) in [5, 5.41) is 9.82. The van der Waals surface area contributed by atoms with Gasteiger partial charge in [0.05, 0.1) is 19.8 Å². The Balaban J connectivity index is 4.85. The Morgan fingerprint density at radius 3 is 1.11 bits per heavy atom. The minimum Gasteiger partial charge on any atom is -0.462 e. The van der Waals surface area contributed by atoms with Crippen molar-refractivity contribution in [3.63, 3.8) is 0 Å². The summed E-state index contributed by atoms with van der Waals surface area (Å²) in [5.41, 5.74) is 0. The molecule has 0 aromatic heterocycles. The molecule has 432 valence electrons. The van der Waals surface area contributed by atoms with Crippen LogP contribution in [0.3, 0.4) is 0 Å². The van der Waals surface area contributed by atoms with E-state index in [1.807, 2.05) is 12.2 Å². The highest BCUT2D eigenvalue weighted by atomic mass is 31.2. The fourth-order valence-electron chi connectivity index (χ4n) is 7.44. The van der Waals surface area contributed by atoms with Crippen LogP contribution in [0.15, 0.2) is 122 Å². The number of carbonyl (C=O) groups is 3. The SMILES string of the molecule is CC/C=C\C/C=C\C/C=C\C/C=C\C/C=C\CCCC(=O)OC(COC(=O)CCCCCCCCC/C=C\C/C=C\C/C=C\CC)COP(=O)(O)OCC(CO)OC(=O)CCCCCCC/C=C\C/C=C\CCCCC. The highest BCUT2D eigenvalue weighted by molar-refractivity contribution is 7.47. The zero-order valence-corrected chi connectivity index (χ0v) is 48.6. The van der Waals surface area contributed by atoms with Crippen LogP contribution in [0.1, 0.15) is 226 Å². The zero-order chi connectivity index (χ0) is 55.5. The van der Waals surface area contributed by atoms with Gasteiger partial charge in [0.25, 0.3) is 0 Å². The Labute approximate surface area is 462 Å². The number of carbonyl (C=O) groups excluding carboxylic acids is 3. The first-order chi connectivity index (χ1) is 37.2. The minimum atomic E-state index is -4.78. The predicted molar refractivity (Wildman–Crippen MR) is 316 cm³/mol. The summed E-state index contributed by atoms with van der Waals surface area (Å²) < 4.78 is 39.5. The van der Waals surface area contributed by atoms with Crippen LogP contribution in [0, 0.1) is 0 Å². The summed E-state index contributed by atoms with van der Waals surface area (Å²) in [6.07, 6.45) is 70.1. The van der Waals surface area contributed by atoms with Crippen molar-refractivity contribution in [2.75, 3.05) is 26.4 Å². The fourth-order valence-corrected chi connectivity index (χ4v) is 8.22. The van der Waals surface area contributed by atoms with E-state index in [0.717, 1.165) is 128 Å². The molecule has 0 heterocycles. The molecule has 11 nitrogen and oxygen atoms in total. The topological polar surface area (TPSA) is 155 Å². The van der Waals surface area contributed by atoms with Gasteiger partial charge in [-0.25, -0.2) is 4.57 Å². The van der Waals surface area contributed by atoms with Gasteiger partial charge >= 0.3 is 25.7 Å². The highest BCUT2D eigenvalue weighted by Gasteiger charge is 2.28. The van der Waals surface area contributed by atoms with E-state index in [1.54, 1.807) is 0 Å². The number of allylic oxidation sites excluding steroid dienone is 20. The molecule has 3 unspecified atom stereocenters. The third-order valence-corrected chi connectivity index (χ3v) is 12.8. The van der Waals surface area contributed by atoms with E-state index in [4.69, 9.17) is 23.3 Å². The molecule has 12 heteroatoms. The van der Waals surface area contributed by atoms with Crippen LogP contribution in [0.5, 0.6) is 0 Å². The van der Waals surface area contributed by atoms with Crippen LogP contribution in [0.2, 0.25) is 0 Å². The number of esters is 3. The molecule has 0 saturated heterocycles. The number of aliphatic hydroxyl groups excluding tert-OH is 1. The monoisotopic (exact) mass is 1080 g/mol. The Morgan fingerprint density at radius 2 is 0.697 bits per heavy atom. The van der Waals surface area contributed by atoms with Gasteiger partial charge in [-0.15, -0.1) is 0 Å². The van der Waals surface area contributed by atoms with Gasteiger partial charge in [-0.05, 0) is 122 Å². The first-order valence-electron chi connectivity index (χ1n) is 29.4. The molecule has 0 aromatic rings. The fraction of sp³-hybridized carbons (Fsp3) is 0.641. The van der Waals surface area contributed by atoms with Crippen molar-refractivity contribution < 1.29 is 52.2 Å². The van der Waals surface area contributed by atoms with E-state index in [0.29, 0.717) is 25.7 Å². The Kier molecular flexibility index (Phi) is 54.0. The minimum absolute atomic E-state index is 0.0798. The second kappa shape index (κ2) is 57.1. The number of unbranched alkanes of at least 4 members (excludes halogenated alkanes) is 16. The molecule has 0 aliphatic rings. The molecule has 0 rings (SSSR count). The standard InChI is InChI=1S/C64H105O11P/c1-4-7-10-13-16-19-22-25-28-30-33-35-38-41-44-47-50-53-62(66)71-57-61(75-64(68)55-52-49-46-43-40-37-34-31-29-26-23-20-17-14-11-8-5-2)59-73-76(69,70)72-58-60(56-65)74-63(67)54-51-48-45-42-39-36-32-27-24-21-18-15-12-9-6-3/h7-8,10-11,16-21,25-29,32,34,37,43,46,60-61,65H,4-6,9,12-15,22-24,30-31,33,35-36,38-42,44-45,47-59H2,1-3H3,(H,69,70)/b10-7-,11-8-,19-16-,20-17-,21-18-,28-25-,29-26-,32-27-,37-34-,46-43-. The maximum absolute atomic E-state index is 12.9. The first kappa shape index (κ1) is 71.9. The number of rotatable bonds is 53. The molecular weight excluding hydrogens is 976 g/mol. The van der Waals surface area contributed by atoms with Gasteiger partial charge in [0.15, 0.2) is 6.10 Å². The lowest BCUT2D eigenvalue weighted by atomic mass is 10.1. The molecule has 2 N–H and O–H groups in total. The van der Waals surface area contributed by atoms with Crippen LogP contribution in [-0.4, -0.2) is 66.5 Å². The maximum atomic E-state index is 12.9. The molecule has 0 fully saturated rings. The molecule has 76 heavy (non-hydrogen) atoms. The van der Waals surface area contributed by atoms with Gasteiger partial charge in [-0.3, -0.25) is 23.4 Å². The molecule has 0 aliphatic carbocycles. The molecule has 0 bridgehead atoms. The van der Waals surface area contributed by atoms with Gasteiger partial charge in [0.1, 0.15) is 12.7 Å². The van der Waals surface area contributed by atoms with Crippen LogP contribution < -0.4 is 0 Å². The van der Waals surface area contributed by atoms with Crippen LogP contribution in [-0.2, 0) is 42.2 Å². The number of phosphoric ester groups is 1.